The van der Waals surface area contributed by atoms with Crippen molar-refractivity contribution in [2.75, 3.05) is 20.8 Å². The number of amides is 1. The highest BCUT2D eigenvalue weighted by Gasteiger charge is 2.32. The molecule has 7 heteroatoms. The average Bonchev–Trinajstić information content (AvgIpc) is 2.69. The van der Waals surface area contributed by atoms with Gasteiger partial charge in [-0.25, -0.2) is 0 Å². The second-order valence-corrected chi connectivity index (χ2v) is 7.54. The molecule has 0 aromatic heterocycles. The number of carbonyl (C=O) groups excluding carboxylic acids is 1. The molecular weight excluding hydrogens is 401 g/mol. The number of rotatable bonds is 5. The van der Waals surface area contributed by atoms with Gasteiger partial charge in [0.25, 0.3) is 5.91 Å². The van der Waals surface area contributed by atoms with E-state index in [1.165, 1.54) is 0 Å². The summed E-state index contributed by atoms with van der Waals surface area (Å²) in [6, 6.07) is 8.76. The third-order valence-corrected chi connectivity index (χ3v) is 5.54. The van der Waals surface area contributed by atoms with Gasteiger partial charge in [0, 0.05) is 11.6 Å². The highest BCUT2D eigenvalue weighted by atomic mass is 35.5. The van der Waals surface area contributed by atoms with Gasteiger partial charge in [-0.1, -0.05) is 23.2 Å². The van der Waals surface area contributed by atoms with E-state index in [-0.39, 0.29) is 11.9 Å². The number of nitrogens with zero attached hydrogens (tertiary/aromatic N) is 1. The molecule has 3 rings (SSSR count). The Kier molecular flexibility index (Phi) is 6.26. The van der Waals surface area contributed by atoms with Crippen LogP contribution in [0.4, 0.5) is 0 Å². The standard InChI is InChI=1S/C21H23Cl2NO4/c1-12-16-11-20(27-4)19(26-3)9-14(16)7-8-24(12)21(25)13(2)28-18-6-5-15(22)10-17(18)23/h5-6,9-13H,7-8H2,1-4H3/t12-,13-/m0/s1. The summed E-state index contributed by atoms with van der Waals surface area (Å²) in [4.78, 5) is 14.9. The fourth-order valence-corrected chi connectivity index (χ4v) is 3.94. The Morgan fingerprint density at radius 2 is 1.79 bits per heavy atom. The van der Waals surface area contributed by atoms with E-state index in [1.54, 1.807) is 39.3 Å². The molecule has 0 bridgehead atoms. The van der Waals surface area contributed by atoms with Crippen LogP contribution >= 0.6 is 23.2 Å². The van der Waals surface area contributed by atoms with Crippen LogP contribution in [-0.4, -0.2) is 37.7 Å². The highest BCUT2D eigenvalue weighted by Crippen LogP contribution is 2.38. The molecule has 0 unspecified atom stereocenters. The summed E-state index contributed by atoms with van der Waals surface area (Å²) >= 11 is 12.1. The third-order valence-electron chi connectivity index (χ3n) is 5.01. The normalized spacial score (nSPS) is 16.9. The molecule has 0 saturated carbocycles. The van der Waals surface area contributed by atoms with Crippen molar-refractivity contribution >= 4 is 29.1 Å². The van der Waals surface area contributed by atoms with Gasteiger partial charge >= 0.3 is 0 Å². The zero-order valence-corrected chi connectivity index (χ0v) is 17.8. The minimum absolute atomic E-state index is 0.0982. The molecular formula is C21H23Cl2NO4. The lowest BCUT2D eigenvalue weighted by Crippen LogP contribution is -2.45. The molecule has 1 heterocycles. The first-order chi connectivity index (χ1) is 13.3. The molecule has 2 atom stereocenters. The van der Waals surface area contributed by atoms with Crippen molar-refractivity contribution in [3.05, 3.63) is 51.5 Å². The lowest BCUT2D eigenvalue weighted by atomic mass is 9.92. The topological polar surface area (TPSA) is 48.0 Å². The highest BCUT2D eigenvalue weighted by molar-refractivity contribution is 6.35. The molecule has 2 aromatic rings. The average molecular weight is 424 g/mol. The second-order valence-electron chi connectivity index (χ2n) is 6.70. The van der Waals surface area contributed by atoms with Crippen LogP contribution < -0.4 is 14.2 Å². The number of ether oxygens (including phenoxy) is 3. The van der Waals surface area contributed by atoms with E-state index in [9.17, 15) is 4.79 Å². The van der Waals surface area contributed by atoms with E-state index in [2.05, 4.69) is 0 Å². The van der Waals surface area contributed by atoms with Crippen molar-refractivity contribution in [1.29, 1.82) is 0 Å². The molecule has 1 aliphatic rings. The predicted molar refractivity (Wildman–Crippen MR) is 110 cm³/mol. The second kappa shape index (κ2) is 8.50. The number of benzene rings is 2. The van der Waals surface area contributed by atoms with Gasteiger partial charge < -0.3 is 19.1 Å². The van der Waals surface area contributed by atoms with Crippen LogP contribution in [0.2, 0.25) is 10.0 Å². The van der Waals surface area contributed by atoms with Crippen LogP contribution in [0.25, 0.3) is 0 Å². The smallest absolute Gasteiger partial charge is 0.263 e. The Hall–Kier alpha value is -2.11. The summed E-state index contributed by atoms with van der Waals surface area (Å²) in [7, 11) is 3.22. The maximum atomic E-state index is 13.1. The van der Waals surface area contributed by atoms with Crippen molar-refractivity contribution in [1.82, 2.24) is 4.90 Å². The fraction of sp³-hybridized carbons (Fsp3) is 0.381. The monoisotopic (exact) mass is 423 g/mol. The summed E-state index contributed by atoms with van der Waals surface area (Å²) in [5, 5.41) is 0.892. The number of methoxy groups -OCH3 is 2. The minimum Gasteiger partial charge on any atom is -0.493 e. The van der Waals surface area contributed by atoms with Crippen LogP contribution in [0.5, 0.6) is 17.2 Å². The molecule has 28 heavy (non-hydrogen) atoms. The number of fused-ring (bicyclic) bond motifs is 1. The van der Waals surface area contributed by atoms with Crippen molar-refractivity contribution in [2.45, 2.75) is 32.4 Å². The number of carbonyl (C=O) groups is 1. The number of hydrogen-bond donors (Lipinski definition) is 0. The van der Waals surface area contributed by atoms with Crippen molar-refractivity contribution < 1.29 is 19.0 Å². The molecule has 0 saturated heterocycles. The van der Waals surface area contributed by atoms with E-state index in [4.69, 9.17) is 37.4 Å². The lowest BCUT2D eigenvalue weighted by molar-refractivity contribution is -0.140. The van der Waals surface area contributed by atoms with Crippen LogP contribution in [0.15, 0.2) is 30.3 Å². The first kappa shape index (κ1) is 20.6. The lowest BCUT2D eigenvalue weighted by Gasteiger charge is -2.37. The molecule has 1 amide bonds. The van der Waals surface area contributed by atoms with Crippen LogP contribution in [-0.2, 0) is 11.2 Å². The van der Waals surface area contributed by atoms with Gasteiger partial charge in [0.05, 0.1) is 25.3 Å². The molecule has 0 N–H and O–H groups in total. The number of hydrogen-bond acceptors (Lipinski definition) is 4. The first-order valence-electron chi connectivity index (χ1n) is 9.02. The third kappa shape index (κ3) is 4.01. The Bertz CT molecular complexity index is 887. The van der Waals surface area contributed by atoms with Crippen LogP contribution in [0.1, 0.15) is 31.0 Å². The summed E-state index contributed by atoms with van der Waals surface area (Å²) in [6.07, 6.45) is 0.0584. The minimum atomic E-state index is -0.678. The zero-order chi connectivity index (χ0) is 20.4. The SMILES string of the molecule is COc1cc2c(cc1OC)[C@H](C)N(C(=O)[C@H](C)Oc1ccc(Cl)cc1Cl)CC2. The zero-order valence-electron chi connectivity index (χ0n) is 16.3. The largest absolute Gasteiger partial charge is 0.493 e. The van der Waals surface area contributed by atoms with Gasteiger partial charge in [-0.05, 0) is 61.7 Å². The molecule has 0 spiro atoms. The van der Waals surface area contributed by atoms with E-state index >= 15 is 0 Å². The van der Waals surface area contributed by atoms with Gasteiger partial charge in [-0.2, -0.15) is 0 Å². The van der Waals surface area contributed by atoms with Gasteiger partial charge in [-0.3, -0.25) is 4.79 Å². The summed E-state index contributed by atoms with van der Waals surface area (Å²) < 4.78 is 16.6. The van der Waals surface area contributed by atoms with E-state index < -0.39 is 6.10 Å². The Morgan fingerprint density at radius 3 is 2.43 bits per heavy atom. The van der Waals surface area contributed by atoms with Crippen molar-refractivity contribution in [2.24, 2.45) is 0 Å². The molecule has 0 fully saturated rings. The van der Waals surface area contributed by atoms with E-state index in [0.29, 0.717) is 33.8 Å². The van der Waals surface area contributed by atoms with Crippen LogP contribution in [0, 0.1) is 0 Å². The summed E-state index contributed by atoms with van der Waals surface area (Å²) in [5.41, 5.74) is 2.21. The maximum Gasteiger partial charge on any atom is 0.263 e. The molecule has 0 radical (unpaired) electrons. The fourth-order valence-electron chi connectivity index (χ4n) is 3.49. The van der Waals surface area contributed by atoms with Crippen LogP contribution in [0.3, 0.4) is 0 Å². The van der Waals surface area contributed by atoms with E-state index in [0.717, 1.165) is 17.5 Å². The summed E-state index contributed by atoms with van der Waals surface area (Å²) in [5.74, 6) is 1.68. The molecule has 1 aliphatic heterocycles. The van der Waals surface area contributed by atoms with E-state index in [1.807, 2.05) is 24.0 Å². The van der Waals surface area contributed by atoms with Gasteiger partial charge in [-0.15, -0.1) is 0 Å². The Labute approximate surface area is 175 Å². The molecule has 150 valence electrons. The number of halogens is 2. The Morgan fingerprint density at radius 1 is 1.11 bits per heavy atom. The molecule has 0 aliphatic carbocycles. The molecule has 5 nitrogen and oxygen atoms in total. The quantitative estimate of drug-likeness (QED) is 0.684. The van der Waals surface area contributed by atoms with Crippen molar-refractivity contribution in [3.8, 4) is 17.2 Å². The Balaban J connectivity index is 1.79. The van der Waals surface area contributed by atoms with Crippen molar-refractivity contribution in [3.63, 3.8) is 0 Å². The maximum absolute atomic E-state index is 13.1. The van der Waals surface area contributed by atoms with Gasteiger partial charge in [0.1, 0.15) is 5.75 Å². The molecule has 2 aromatic carbocycles. The first-order valence-corrected chi connectivity index (χ1v) is 9.78. The van der Waals surface area contributed by atoms with Gasteiger partial charge in [0.2, 0.25) is 0 Å². The van der Waals surface area contributed by atoms with Gasteiger partial charge in [0.15, 0.2) is 17.6 Å². The summed E-state index contributed by atoms with van der Waals surface area (Å²) in [6.45, 7) is 4.33. The predicted octanol–water partition coefficient (Wildman–Crippen LogP) is 4.92.